The molecule has 0 spiro atoms. The molecule has 0 saturated carbocycles. The van der Waals surface area contributed by atoms with Gasteiger partial charge in [-0.1, -0.05) is 6.07 Å². The number of Topliss-reactive ketones (excluding diaryl/α,β-unsaturated/α-hetero) is 1. The molecule has 0 amide bonds. The fraction of sp³-hybridized carbons (Fsp3) is 0.562. The summed E-state index contributed by atoms with van der Waals surface area (Å²) in [6.07, 6.45) is -1.64. The fourth-order valence-electron chi connectivity index (χ4n) is 3.53. The van der Waals surface area contributed by atoms with Crippen molar-refractivity contribution in [3.05, 3.63) is 34.9 Å². The first kappa shape index (κ1) is 15.7. The Kier molecular flexibility index (Phi) is 3.91. The minimum Gasteiger partial charge on any atom is -0.294 e. The van der Waals surface area contributed by atoms with E-state index < -0.39 is 22.5 Å². The van der Waals surface area contributed by atoms with Gasteiger partial charge in [0.05, 0.1) is 5.56 Å². The van der Waals surface area contributed by atoms with Crippen LogP contribution in [0.1, 0.15) is 47.2 Å². The highest BCUT2D eigenvalue weighted by molar-refractivity contribution is 7.86. The molecule has 0 aromatic heterocycles. The molecule has 1 aromatic carbocycles. The molecule has 2 fully saturated rings. The van der Waals surface area contributed by atoms with E-state index in [1.807, 2.05) is 0 Å². The highest BCUT2D eigenvalue weighted by atomic mass is 32.2. The molecule has 2 nitrogen and oxygen atoms in total. The van der Waals surface area contributed by atoms with Crippen LogP contribution >= 0.6 is 0 Å². The minimum atomic E-state index is -4.45. The van der Waals surface area contributed by atoms with Crippen molar-refractivity contribution in [3.63, 3.8) is 0 Å². The Morgan fingerprint density at radius 3 is 2.32 bits per heavy atom. The lowest BCUT2D eigenvalue weighted by atomic mass is 9.88. The maximum absolute atomic E-state index is 12.8. The third kappa shape index (κ3) is 2.73. The molecular weight excluding hydrogens is 313 g/mol. The number of hydrogen-bond donors (Lipinski definition) is 0. The molecule has 6 heteroatoms. The topological polar surface area (TPSA) is 34.1 Å². The van der Waals surface area contributed by atoms with Crippen LogP contribution < -0.4 is 0 Å². The molecule has 2 atom stereocenters. The number of benzene rings is 1. The average molecular weight is 330 g/mol. The van der Waals surface area contributed by atoms with Gasteiger partial charge in [-0.25, -0.2) is 0 Å². The van der Waals surface area contributed by atoms with E-state index in [1.165, 1.54) is 6.07 Å². The number of rotatable bonds is 2. The largest absolute Gasteiger partial charge is 0.416 e. The van der Waals surface area contributed by atoms with Gasteiger partial charge in [0.25, 0.3) is 0 Å². The molecule has 2 bridgehead atoms. The molecule has 0 N–H and O–H groups in total. The van der Waals surface area contributed by atoms with Gasteiger partial charge >= 0.3 is 6.18 Å². The van der Waals surface area contributed by atoms with Gasteiger partial charge in [0.2, 0.25) is 0 Å². The van der Waals surface area contributed by atoms with Gasteiger partial charge in [-0.2, -0.15) is 13.2 Å². The van der Waals surface area contributed by atoms with Crippen LogP contribution in [0, 0.1) is 12.8 Å². The van der Waals surface area contributed by atoms with Crippen LogP contribution in [-0.4, -0.2) is 20.5 Å². The maximum atomic E-state index is 12.8. The zero-order chi connectivity index (χ0) is 16.1. The lowest BCUT2D eigenvalue weighted by Crippen LogP contribution is -2.32. The molecule has 2 aliphatic rings. The average Bonchev–Trinajstić information content (AvgIpc) is 2.67. The van der Waals surface area contributed by atoms with E-state index in [9.17, 15) is 22.2 Å². The number of ketones is 1. The first-order valence-corrected chi connectivity index (χ1v) is 8.66. The maximum Gasteiger partial charge on any atom is 0.416 e. The van der Waals surface area contributed by atoms with Crippen LogP contribution in [0.3, 0.4) is 0 Å². The van der Waals surface area contributed by atoms with Crippen LogP contribution in [0.15, 0.2) is 18.2 Å². The Morgan fingerprint density at radius 1 is 1.18 bits per heavy atom. The first-order valence-electron chi connectivity index (χ1n) is 7.39. The van der Waals surface area contributed by atoms with Crippen molar-refractivity contribution in [1.29, 1.82) is 0 Å². The zero-order valence-electron chi connectivity index (χ0n) is 12.2. The summed E-state index contributed by atoms with van der Waals surface area (Å²) < 4.78 is 50.5. The highest BCUT2D eigenvalue weighted by Crippen LogP contribution is 2.40. The Bertz CT molecular complexity index is 623. The summed E-state index contributed by atoms with van der Waals surface area (Å²) in [5, 5.41) is 0.0811. The molecule has 3 rings (SSSR count). The summed E-state index contributed by atoms with van der Waals surface area (Å²) in [5.41, 5.74) is -0.0623. The summed E-state index contributed by atoms with van der Waals surface area (Å²) >= 11 is 0. The van der Waals surface area contributed by atoms with E-state index in [4.69, 9.17) is 0 Å². The Labute approximate surface area is 129 Å². The molecule has 2 saturated heterocycles. The molecule has 0 radical (unpaired) electrons. The quantitative estimate of drug-likeness (QED) is 0.771. The SMILES string of the molecule is Cc1ccc(C(F)(F)F)cc1C(=O)C1CC2CCC(C1)S2=O. The second-order valence-electron chi connectivity index (χ2n) is 6.21. The standard InChI is InChI=1S/C16H17F3O2S/c1-9-2-3-11(16(17,18)19)8-14(9)15(20)10-6-12-4-5-13(7-10)22(12)21/h2-3,8,10,12-13H,4-7H2,1H3. The van der Waals surface area contributed by atoms with Crippen LogP contribution in [-0.2, 0) is 17.0 Å². The monoisotopic (exact) mass is 330 g/mol. The van der Waals surface area contributed by atoms with E-state index in [-0.39, 0.29) is 27.8 Å². The third-order valence-electron chi connectivity index (χ3n) is 4.76. The second kappa shape index (κ2) is 5.48. The molecular formula is C16H17F3O2S. The van der Waals surface area contributed by atoms with E-state index in [0.29, 0.717) is 18.4 Å². The van der Waals surface area contributed by atoms with E-state index in [0.717, 1.165) is 25.0 Å². The lowest BCUT2D eigenvalue weighted by Gasteiger charge is -2.26. The summed E-state index contributed by atoms with van der Waals surface area (Å²) in [5.74, 6) is -0.519. The molecule has 120 valence electrons. The predicted molar refractivity (Wildman–Crippen MR) is 78.2 cm³/mol. The highest BCUT2D eigenvalue weighted by Gasteiger charge is 2.43. The summed E-state index contributed by atoms with van der Waals surface area (Å²) in [7, 11) is -0.868. The van der Waals surface area contributed by atoms with Crippen LogP contribution in [0.25, 0.3) is 0 Å². The van der Waals surface area contributed by atoms with Gasteiger partial charge in [-0.15, -0.1) is 0 Å². The number of aryl methyl sites for hydroxylation is 1. The van der Waals surface area contributed by atoms with E-state index >= 15 is 0 Å². The number of alkyl halides is 3. The van der Waals surface area contributed by atoms with Crippen molar-refractivity contribution in [3.8, 4) is 0 Å². The lowest BCUT2D eigenvalue weighted by molar-refractivity contribution is -0.137. The van der Waals surface area contributed by atoms with Gasteiger partial charge in [0.15, 0.2) is 5.78 Å². The summed E-state index contributed by atoms with van der Waals surface area (Å²) in [6, 6.07) is 3.32. The summed E-state index contributed by atoms with van der Waals surface area (Å²) in [6.45, 7) is 1.66. The van der Waals surface area contributed by atoms with Crippen LogP contribution in [0.2, 0.25) is 0 Å². The van der Waals surface area contributed by atoms with Crippen LogP contribution in [0.5, 0.6) is 0 Å². The Hall–Kier alpha value is -1.17. The molecule has 2 unspecified atom stereocenters. The molecule has 2 heterocycles. The van der Waals surface area contributed by atoms with Gasteiger partial charge < -0.3 is 0 Å². The first-order chi connectivity index (χ1) is 10.3. The second-order valence-corrected chi connectivity index (χ2v) is 8.20. The van der Waals surface area contributed by atoms with Crippen molar-refractivity contribution in [1.82, 2.24) is 0 Å². The van der Waals surface area contributed by atoms with Crippen molar-refractivity contribution < 1.29 is 22.2 Å². The van der Waals surface area contributed by atoms with Crippen LogP contribution in [0.4, 0.5) is 13.2 Å². The van der Waals surface area contributed by atoms with Crippen molar-refractivity contribution >= 4 is 16.6 Å². The van der Waals surface area contributed by atoms with Gasteiger partial charge in [0.1, 0.15) is 0 Å². The fourth-order valence-corrected chi connectivity index (χ4v) is 5.66. The molecule has 2 aliphatic heterocycles. The zero-order valence-corrected chi connectivity index (χ0v) is 13.0. The van der Waals surface area contributed by atoms with Crippen molar-refractivity contribution in [2.45, 2.75) is 49.3 Å². The third-order valence-corrected chi connectivity index (χ3v) is 6.93. The van der Waals surface area contributed by atoms with E-state index in [1.54, 1.807) is 6.92 Å². The normalized spacial score (nSPS) is 31.3. The van der Waals surface area contributed by atoms with Crippen molar-refractivity contribution in [2.24, 2.45) is 5.92 Å². The smallest absolute Gasteiger partial charge is 0.294 e. The molecule has 22 heavy (non-hydrogen) atoms. The van der Waals surface area contributed by atoms with E-state index in [2.05, 4.69) is 0 Å². The number of halogens is 3. The Balaban J connectivity index is 1.88. The van der Waals surface area contributed by atoms with Gasteiger partial charge in [0, 0.05) is 32.8 Å². The van der Waals surface area contributed by atoms with Gasteiger partial charge in [-0.05, 0) is 50.3 Å². The van der Waals surface area contributed by atoms with Gasteiger partial charge in [-0.3, -0.25) is 9.00 Å². The molecule has 1 aromatic rings. The van der Waals surface area contributed by atoms with Crippen molar-refractivity contribution in [2.75, 3.05) is 0 Å². The minimum absolute atomic E-state index is 0.0406. The number of carbonyl (C=O) groups excluding carboxylic acids is 1. The number of carbonyl (C=O) groups is 1. The summed E-state index contributed by atoms with van der Waals surface area (Å²) in [4.78, 5) is 12.7. The number of hydrogen-bond acceptors (Lipinski definition) is 2. The number of fused-ring (bicyclic) bond motifs is 2. The molecule has 0 aliphatic carbocycles. The Morgan fingerprint density at radius 2 is 1.77 bits per heavy atom. The predicted octanol–water partition coefficient (Wildman–Crippen LogP) is 3.89.